The fourth-order valence-electron chi connectivity index (χ4n) is 0.848. The van der Waals surface area contributed by atoms with Crippen molar-refractivity contribution >= 4 is 22.4 Å². The van der Waals surface area contributed by atoms with Crippen molar-refractivity contribution in [1.82, 2.24) is 4.72 Å². The first-order valence-electron chi connectivity index (χ1n) is 4.55. The average Bonchev–Trinajstić information content (AvgIpc) is 1.99. The first-order chi connectivity index (χ1) is 5.83. The highest BCUT2D eigenvalue weighted by atomic mass is 35.5. The molecule has 0 aromatic heterocycles. The predicted octanol–water partition coefficient (Wildman–Crippen LogP) is 0.865. The number of halogens is 1. The van der Waals surface area contributed by atoms with Crippen LogP contribution >= 0.6 is 12.4 Å². The third-order valence-electron chi connectivity index (χ3n) is 1.71. The Hall–Kier alpha value is 0.160. The lowest BCUT2D eigenvalue weighted by atomic mass is 10.1. The first-order valence-corrected chi connectivity index (χ1v) is 6.20. The minimum Gasteiger partial charge on any atom is -0.329 e. The van der Waals surface area contributed by atoms with Crippen LogP contribution in [0.15, 0.2) is 0 Å². The maximum atomic E-state index is 11.4. The molecule has 0 aromatic rings. The maximum Gasteiger partial charge on any atom is 0.212 e. The molecule has 0 amide bonds. The number of unbranched alkanes of at least 4 members (excludes halogenated alkanes) is 1. The Labute approximate surface area is 93.1 Å². The van der Waals surface area contributed by atoms with Crippen LogP contribution < -0.4 is 10.5 Å². The molecule has 4 nitrogen and oxygen atoms in total. The zero-order chi connectivity index (χ0) is 10.5. The van der Waals surface area contributed by atoms with E-state index >= 15 is 0 Å². The summed E-state index contributed by atoms with van der Waals surface area (Å²) in [7, 11) is -3.14. The van der Waals surface area contributed by atoms with Gasteiger partial charge in [-0.25, -0.2) is 13.1 Å². The van der Waals surface area contributed by atoms with Gasteiger partial charge >= 0.3 is 0 Å². The largest absolute Gasteiger partial charge is 0.329 e. The average molecular weight is 245 g/mol. The lowest BCUT2D eigenvalue weighted by Crippen LogP contribution is -2.49. The maximum absolute atomic E-state index is 11.4. The summed E-state index contributed by atoms with van der Waals surface area (Å²) in [5.41, 5.74) is 4.88. The van der Waals surface area contributed by atoms with E-state index in [1.165, 1.54) is 0 Å². The smallest absolute Gasteiger partial charge is 0.212 e. The van der Waals surface area contributed by atoms with Crippen molar-refractivity contribution in [3.63, 3.8) is 0 Å². The summed E-state index contributed by atoms with van der Waals surface area (Å²) in [6.07, 6.45) is 1.57. The quantitative estimate of drug-likeness (QED) is 0.728. The molecular weight excluding hydrogens is 224 g/mol. The van der Waals surface area contributed by atoms with Crippen LogP contribution in [0.3, 0.4) is 0 Å². The molecule has 0 aliphatic carbocycles. The number of nitrogens with two attached hydrogens (primary N) is 1. The van der Waals surface area contributed by atoms with Crippen LogP contribution in [0.2, 0.25) is 0 Å². The fraction of sp³-hybridized carbons (Fsp3) is 1.00. The molecule has 14 heavy (non-hydrogen) atoms. The van der Waals surface area contributed by atoms with Crippen LogP contribution in [-0.4, -0.2) is 26.3 Å². The molecule has 0 bridgehead atoms. The Morgan fingerprint density at radius 2 is 1.86 bits per heavy atom. The number of hydrogen-bond donors (Lipinski definition) is 2. The van der Waals surface area contributed by atoms with E-state index in [0.717, 1.165) is 6.42 Å². The van der Waals surface area contributed by atoms with Crippen molar-refractivity contribution in [1.29, 1.82) is 0 Å². The van der Waals surface area contributed by atoms with Gasteiger partial charge in [0.15, 0.2) is 0 Å². The van der Waals surface area contributed by atoms with Gasteiger partial charge in [0, 0.05) is 12.1 Å². The normalized spacial score (nSPS) is 12.3. The Kier molecular flexibility index (Phi) is 7.83. The molecule has 6 heteroatoms. The van der Waals surface area contributed by atoms with Crippen LogP contribution in [0.25, 0.3) is 0 Å². The first kappa shape index (κ1) is 16.6. The molecule has 0 aliphatic heterocycles. The fourth-order valence-corrected chi connectivity index (χ4v) is 2.54. The highest BCUT2D eigenvalue weighted by Crippen LogP contribution is 2.03. The molecular formula is C8H21ClN2O2S. The van der Waals surface area contributed by atoms with E-state index < -0.39 is 15.6 Å². The van der Waals surface area contributed by atoms with E-state index in [1.54, 1.807) is 13.8 Å². The SMILES string of the molecule is CCCCS(=O)(=O)NC(C)(C)CN.Cl. The van der Waals surface area contributed by atoms with Gasteiger partial charge in [0.1, 0.15) is 0 Å². The summed E-state index contributed by atoms with van der Waals surface area (Å²) < 4.78 is 25.4. The van der Waals surface area contributed by atoms with Crippen LogP contribution in [0.4, 0.5) is 0 Å². The summed E-state index contributed by atoms with van der Waals surface area (Å²) in [4.78, 5) is 0. The van der Waals surface area contributed by atoms with Gasteiger partial charge in [-0.3, -0.25) is 0 Å². The summed E-state index contributed by atoms with van der Waals surface area (Å²) in [5.74, 6) is 0.187. The molecule has 0 spiro atoms. The van der Waals surface area contributed by atoms with Gasteiger partial charge in [-0.1, -0.05) is 13.3 Å². The predicted molar refractivity (Wildman–Crippen MR) is 62.2 cm³/mol. The molecule has 3 N–H and O–H groups in total. The second-order valence-electron chi connectivity index (χ2n) is 3.86. The summed E-state index contributed by atoms with van der Waals surface area (Å²) in [6, 6.07) is 0. The van der Waals surface area contributed by atoms with Crippen molar-refractivity contribution in [3.05, 3.63) is 0 Å². The topological polar surface area (TPSA) is 72.2 Å². The second-order valence-corrected chi connectivity index (χ2v) is 5.70. The van der Waals surface area contributed by atoms with E-state index in [-0.39, 0.29) is 18.2 Å². The molecule has 0 unspecified atom stereocenters. The Balaban J connectivity index is 0. The monoisotopic (exact) mass is 244 g/mol. The molecule has 0 saturated carbocycles. The summed E-state index contributed by atoms with van der Waals surface area (Å²) in [5, 5.41) is 0. The van der Waals surface area contributed by atoms with Gasteiger partial charge in [0.25, 0.3) is 0 Å². The molecule has 0 aliphatic rings. The van der Waals surface area contributed by atoms with E-state index in [0.29, 0.717) is 13.0 Å². The molecule has 0 aromatic carbocycles. The summed E-state index contributed by atoms with van der Waals surface area (Å²) in [6.45, 7) is 5.81. The van der Waals surface area contributed by atoms with E-state index in [4.69, 9.17) is 5.73 Å². The van der Waals surface area contributed by atoms with Crippen molar-refractivity contribution < 1.29 is 8.42 Å². The third-order valence-corrected chi connectivity index (χ3v) is 3.40. The van der Waals surface area contributed by atoms with Gasteiger partial charge in [-0.05, 0) is 20.3 Å². The van der Waals surface area contributed by atoms with Crippen molar-refractivity contribution in [3.8, 4) is 0 Å². The van der Waals surface area contributed by atoms with Gasteiger partial charge in [-0.2, -0.15) is 0 Å². The van der Waals surface area contributed by atoms with Crippen LogP contribution in [-0.2, 0) is 10.0 Å². The minimum absolute atomic E-state index is 0. The van der Waals surface area contributed by atoms with Crippen molar-refractivity contribution in [2.45, 2.75) is 39.2 Å². The zero-order valence-electron chi connectivity index (χ0n) is 9.04. The number of rotatable bonds is 6. The van der Waals surface area contributed by atoms with Crippen molar-refractivity contribution in [2.75, 3.05) is 12.3 Å². The Bertz CT molecular complexity index is 240. The van der Waals surface area contributed by atoms with Gasteiger partial charge in [0.2, 0.25) is 10.0 Å². The minimum atomic E-state index is -3.14. The molecule has 0 radical (unpaired) electrons. The molecule has 0 saturated heterocycles. The molecule has 0 heterocycles. The van der Waals surface area contributed by atoms with E-state index in [2.05, 4.69) is 4.72 Å². The second kappa shape index (κ2) is 6.61. The highest BCUT2D eigenvalue weighted by Gasteiger charge is 2.22. The number of nitrogens with one attached hydrogen (secondary N) is 1. The zero-order valence-corrected chi connectivity index (χ0v) is 10.7. The molecule has 88 valence electrons. The van der Waals surface area contributed by atoms with Gasteiger partial charge in [-0.15, -0.1) is 12.4 Å². The number of hydrogen-bond acceptors (Lipinski definition) is 3. The van der Waals surface area contributed by atoms with Gasteiger partial charge in [0.05, 0.1) is 5.75 Å². The van der Waals surface area contributed by atoms with E-state index in [9.17, 15) is 8.42 Å². The Morgan fingerprint density at radius 3 is 2.21 bits per heavy atom. The summed E-state index contributed by atoms with van der Waals surface area (Å²) >= 11 is 0. The molecule has 0 fully saturated rings. The van der Waals surface area contributed by atoms with E-state index in [1.807, 2.05) is 6.92 Å². The van der Waals surface area contributed by atoms with Crippen LogP contribution in [0, 0.1) is 0 Å². The number of sulfonamides is 1. The third kappa shape index (κ3) is 7.55. The lowest BCUT2D eigenvalue weighted by molar-refractivity contribution is 0.462. The van der Waals surface area contributed by atoms with Gasteiger partial charge < -0.3 is 5.73 Å². The lowest BCUT2D eigenvalue weighted by Gasteiger charge is -2.23. The highest BCUT2D eigenvalue weighted by molar-refractivity contribution is 7.89. The van der Waals surface area contributed by atoms with Crippen LogP contribution in [0.5, 0.6) is 0 Å². The molecule has 0 atom stereocenters. The molecule has 0 rings (SSSR count). The van der Waals surface area contributed by atoms with Crippen molar-refractivity contribution in [2.24, 2.45) is 5.73 Å². The Morgan fingerprint density at radius 1 is 1.36 bits per heavy atom. The standard InChI is InChI=1S/C8H20N2O2S.ClH/c1-4-5-6-13(11,12)10-8(2,3)7-9;/h10H,4-7,9H2,1-3H3;1H. The van der Waals surface area contributed by atoms with Crippen LogP contribution in [0.1, 0.15) is 33.6 Å².